The van der Waals surface area contributed by atoms with Crippen molar-refractivity contribution in [3.05, 3.63) is 35.8 Å². The van der Waals surface area contributed by atoms with E-state index in [4.69, 9.17) is 9.16 Å². The number of allylic oxidation sites excluding steroid dienone is 3. The third kappa shape index (κ3) is 3.19. The number of hydrogen-bond donors (Lipinski definition) is 0. The van der Waals surface area contributed by atoms with E-state index in [0.717, 1.165) is 30.8 Å². The molecule has 0 radical (unpaired) electrons. The summed E-state index contributed by atoms with van der Waals surface area (Å²) in [5, 5.41) is 0.209. The van der Waals surface area contributed by atoms with E-state index in [-0.39, 0.29) is 10.6 Å². The lowest BCUT2D eigenvalue weighted by Crippen LogP contribution is -2.40. The summed E-state index contributed by atoms with van der Waals surface area (Å²) in [6, 6.07) is 0. The van der Waals surface area contributed by atoms with Gasteiger partial charge in [0.15, 0.2) is 5.76 Å². The molecule has 1 atom stereocenters. The average molecular weight is 292 g/mol. The van der Waals surface area contributed by atoms with Gasteiger partial charge in [0.2, 0.25) is 8.32 Å². The Morgan fingerprint density at radius 1 is 1.25 bits per heavy atom. The van der Waals surface area contributed by atoms with Gasteiger partial charge in [-0.15, -0.1) is 0 Å². The topological polar surface area (TPSA) is 18.5 Å². The van der Waals surface area contributed by atoms with Gasteiger partial charge >= 0.3 is 0 Å². The zero-order valence-electron chi connectivity index (χ0n) is 13.7. The fraction of sp³-hybridized carbons (Fsp3) is 0.647. The van der Waals surface area contributed by atoms with Crippen LogP contribution in [-0.4, -0.2) is 13.9 Å². The van der Waals surface area contributed by atoms with E-state index in [2.05, 4.69) is 65.1 Å². The molecule has 0 fully saturated rings. The van der Waals surface area contributed by atoms with Gasteiger partial charge in [-0.25, -0.2) is 0 Å². The molecule has 0 saturated heterocycles. The Bertz CT molecular complexity index is 466. The molecule has 0 N–H and O–H groups in total. The van der Waals surface area contributed by atoms with Crippen LogP contribution in [0.1, 0.15) is 47.0 Å². The van der Waals surface area contributed by atoms with Gasteiger partial charge in [-0.2, -0.15) is 0 Å². The molecule has 2 rings (SSSR count). The molecule has 2 heterocycles. The van der Waals surface area contributed by atoms with E-state index < -0.39 is 8.32 Å². The summed E-state index contributed by atoms with van der Waals surface area (Å²) in [5.41, 5.74) is -0.196. The van der Waals surface area contributed by atoms with Crippen LogP contribution in [0.4, 0.5) is 0 Å². The molecule has 112 valence electrons. The van der Waals surface area contributed by atoms with Crippen LogP contribution in [0, 0.1) is 0 Å². The first kappa shape index (κ1) is 15.4. The predicted molar refractivity (Wildman–Crippen MR) is 86.9 cm³/mol. The molecule has 0 spiro atoms. The van der Waals surface area contributed by atoms with Gasteiger partial charge in [-0.3, -0.25) is 0 Å². The van der Waals surface area contributed by atoms with Crippen LogP contribution >= 0.6 is 0 Å². The van der Waals surface area contributed by atoms with Crippen LogP contribution in [0.5, 0.6) is 0 Å². The number of ether oxygens (including phenoxy) is 1. The molecule has 0 amide bonds. The lowest BCUT2D eigenvalue weighted by atomic mass is 10.0. The van der Waals surface area contributed by atoms with E-state index >= 15 is 0 Å². The van der Waals surface area contributed by atoms with E-state index in [0.29, 0.717) is 0 Å². The van der Waals surface area contributed by atoms with Crippen molar-refractivity contribution >= 4 is 8.32 Å². The fourth-order valence-corrected chi connectivity index (χ4v) is 3.29. The molecule has 3 heteroatoms. The normalized spacial score (nSPS) is 32.1. The van der Waals surface area contributed by atoms with Crippen molar-refractivity contribution in [2.75, 3.05) is 0 Å². The summed E-state index contributed by atoms with van der Waals surface area (Å²) >= 11 is 0. The number of fused-ring (bicyclic) bond motifs is 2. The summed E-state index contributed by atoms with van der Waals surface area (Å²) in [6.07, 6.45) is 11.6. The summed E-state index contributed by atoms with van der Waals surface area (Å²) in [5.74, 6) is 1.99. The Hall–Kier alpha value is -0.963. The molecule has 2 bridgehead atoms. The van der Waals surface area contributed by atoms with Gasteiger partial charge in [-0.05, 0) is 43.6 Å². The highest BCUT2D eigenvalue weighted by Crippen LogP contribution is 2.41. The first-order valence-electron chi connectivity index (χ1n) is 7.58. The Kier molecular flexibility index (Phi) is 3.93. The van der Waals surface area contributed by atoms with Crippen LogP contribution < -0.4 is 0 Å². The fourth-order valence-electron chi connectivity index (χ4n) is 2.17. The van der Waals surface area contributed by atoms with Gasteiger partial charge in [0, 0.05) is 12.8 Å². The van der Waals surface area contributed by atoms with Crippen LogP contribution in [-0.2, 0) is 9.16 Å². The minimum Gasteiger partial charge on any atom is -0.544 e. The molecule has 2 nitrogen and oxygen atoms in total. The van der Waals surface area contributed by atoms with Crippen LogP contribution in [0.15, 0.2) is 35.8 Å². The van der Waals surface area contributed by atoms with Gasteiger partial charge in [0.25, 0.3) is 0 Å². The summed E-state index contributed by atoms with van der Waals surface area (Å²) in [6.45, 7) is 13.5. The molecular formula is C17H28O2Si. The number of rotatable bonds is 2. The quantitative estimate of drug-likeness (QED) is 0.507. The SMILES string of the molecule is CC12C=C/C(=C(\O[Si](C)(C)C(C)(C)C)CC/C=C/C1)O2. The second kappa shape index (κ2) is 5.10. The van der Waals surface area contributed by atoms with Crippen LogP contribution in [0.25, 0.3) is 0 Å². The Labute approximate surface area is 124 Å². The molecule has 1 unspecified atom stereocenters. The summed E-state index contributed by atoms with van der Waals surface area (Å²) < 4.78 is 12.7. The van der Waals surface area contributed by atoms with E-state index in [1.807, 2.05) is 0 Å². The molecule has 20 heavy (non-hydrogen) atoms. The molecule has 0 aromatic carbocycles. The van der Waals surface area contributed by atoms with Crippen molar-refractivity contribution in [1.82, 2.24) is 0 Å². The highest BCUT2D eigenvalue weighted by Gasteiger charge is 2.40. The van der Waals surface area contributed by atoms with Crippen LogP contribution in [0.3, 0.4) is 0 Å². The highest BCUT2D eigenvalue weighted by molar-refractivity contribution is 6.74. The smallest absolute Gasteiger partial charge is 0.250 e. The van der Waals surface area contributed by atoms with Crippen molar-refractivity contribution in [2.24, 2.45) is 0 Å². The predicted octanol–water partition coefficient (Wildman–Crippen LogP) is 5.31. The lowest BCUT2D eigenvalue weighted by molar-refractivity contribution is 0.0794. The highest BCUT2D eigenvalue weighted by atomic mass is 28.4. The monoisotopic (exact) mass is 292 g/mol. The lowest BCUT2D eigenvalue weighted by Gasteiger charge is -2.37. The van der Waals surface area contributed by atoms with Gasteiger partial charge in [0.05, 0.1) is 0 Å². The molecule has 0 aromatic rings. The van der Waals surface area contributed by atoms with Crippen molar-refractivity contribution in [3.8, 4) is 0 Å². The standard InChI is InChI=1S/C17H28O2Si/c1-16(2,3)20(5,6)19-15-10-8-7-9-12-17(4)13-11-14(15)18-17/h7,9,11,13H,8,10,12H2,1-6H3/b9-7+,15-14+. The van der Waals surface area contributed by atoms with Crippen molar-refractivity contribution < 1.29 is 9.16 Å². The van der Waals surface area contributed by atoms with E-state index in [1.165, 1.54) is 0 Å². The second-order valence-corrected chi connectivity index (χ2v) is 12.3. The molecule has 0 aliphatic carbocycles. The largest absolute Gasteiger partial charge is 0.544 e. The average Bonchev–Trinajstić information content (AvgIpc) is 2.70. The van der Waals surface area contributed by atoms with Gasteiger partial charge < -0.3 is 9.16 Å². The third-order valence-electron chi connectivity index (χ3n) is 4.62. The van der Waals surface area contributed by atoms with Crippen LogP contribution in [0.2, 0.25) is 18.1 Å². The molecule has 0 aromatic heterocycles. The van der Waals surface area contributed by atoms with Crippen molar-refractivity contribution in [2.45, 2.75) is 70.7 Å². The molecule has 2 aliphatic heterocycles. The molecular weight excluding hydrogens is 264 g/mol. The maximum absolute atomic E-state index is 6.52. The Morgan fingerprint density at radius 2 is 1.95 bits per heavy atom. The van der Waals surface area contributed by atoms with Gasteiger partial charge in [-0.1, -0.05) is 32.9 Å². The van der Waals surface area contributed by atoms with E-state index in [1.54, 1.807) is 0 Å². The molecule has 0 saturated carbocycles. The first-order valence-corrected chi connectivity index (χ1v) is 10.5. The minimum atomic E-state index is -1.81. The Balaban J connectivity index is 2.28. The zero-order valence-corrected chi connectivity index (χ0v) is 14.7. The zero-order chi connectivity index (χ0) is 15.0. The van der Waals surface area contributed by atoms with Crippen molar-refractivity contribution in [1.29, 1.82) is 0 Å². The minimum absolute atomic E-state index is 0.196. The van der Waals surface area contributed by atoms with Gasteiger partial charge in [0.1, 0.15) is 11.4 Å². The first-order chi connectivity index (χ1) is 9.13. The number of hydrogen-bond acceptors (Lipinski definition) is 2. The third-order valence-corrected chi connectivity index (χ3v) is 8.99. The summed E-state index contributed by atoms with van der Waals surface area (Å²) in [4.78, 5) is 0. The summed E-state index contributed by atoms with van der Waals surface area (Å²) in [7, 11) is -1.81. The second-order valence-electron chi connectivity index (χ2n) is 7.61. The maximum Gasteiger partial charge on any atom is 0.250 e. The molecule has 2 aliphatic rings. The maximum atomic E-state index is 6.52. The van der Waals surface area contributed by atoms with E-state index in [9.17, 15) is 0 Å². The van der Waals surface area contributed by atoms with Crippen molar-refractivity contribution in [3.63, 3.8) is 0 Å². The Morgan fingerprint density at radius 3 is 2.60 bits per heavy atom.